The third-order valence-corrected chi connectivity index (χ3v) is 2.90. The van der Waals surface area contributed by atoms with E-state index in [1.54, 1.807) is 0 Å². The Hall–Kier alpha value is -1.79. The third-order valence-electron chi connectivity index (χ3n) is 2.90. The van der Waals surface area contributed by atoms with E-state index in [1.807, 2.05) is 13.8 Å². The molecule has 0 saturated carbocycles. The van der Waals surface area contributed by atoms with Gasteiger partial charge in [0.15, 0.2) is 0 Å². The van der Waals surface area contributed by atoms with Crippen LogP contribution in [-0.2, 0) is 9.59 Å². The maximum atomic E-state index is 11.6. The molecule has 0 bridgehead atoms. The monoisotopic (exact) mass is 271 g/mol. The lowest BCUT2D eigenvalue weighted by Crippen LogP contribution is -2.49. The SMILES string of the molecule is CC(C)C[C@H](NC(=O)NCC1CCC(=O)N1)C(=O)O. The summed E-state index contributed by atoms with van der Waals surface area (Å²) in [5, 5.41) is 16.7. The van der Waals surface area contributed by atoms with Gasteiger partial charge in [0.25, 0.3) is 0 Å². The Balaban J connectivity index is 2.32. The van der Waals surface area contributed by atoms with E-state index in [1.165, 1.54) is 0 Å². The van der Waals surface area contributed by atoms with E-state index in [0.717, 1.165) is 0 Å². The second kappa shape index (κ2) is 6.96. The number of rotatable bonds is 6. The van der Waals surface area contributed by atoms with Crippen molar-refractivity contribution in [2.75, 3.05) is 6.54 Å². The van der Waals surface area contributed by atoms with Gasteiger partial charge in [-0.15, -0.1) is 0 Å². The fourth-order valence-corrected chi connectivity index (χ4v) is 1.95. The van der Waals surface area contributed by atoms with Crippen LogP contribution in [0, 0.1) is 5.92 Å². The van der Waals surface area contributed by atoms with Crippen LogP contribution in [0.5, 0.6) is 0 Å². The molecule has 1 fully saturated rings. The molecule has 108 valence electrons. The van der Waals surface area contributed by atoms with Crippen LogP contribution < -0.4 is 16.0 Å². The third kappa shape index (κ3) is 5.58. The number of carboxylic acids is 1. The number of carboxylic acid groups (broad SMARTS) is 1. The summed E-state index contributed by atoms with van der Waals surface area (Å²) in [5.41, 5.74) is 0. The zero-order valence-electron chi connectivity index (χ0n) is 11.2. The second-order valence-electron chi connectivity index (χ2n) is 5.18. The number of nitrogens with one attached hydrogen (secondary N) is 3. The quantitative estimate of drug-likeness (QED) is 0.548. The highest BCUT2D eigenvalue weighted by molar-refractivity contribution is 5.82. The van der Waals surface area contributed by atoms with Gasteiger partial charge < -0.3 is 21.1 Å². The van der Waals surface area contributed by atoms with Crippen molar-refractivity contribution in [1.82, 2.24) is 16.0 Å². The molecule has 19 heavy (non-hydrogen) atoms. The normalized spacial score (nSPS) is 19.9. The maximum absolute atomic E-state index is 11.6. The van der Waals surface area contributed by atoms with Crippen LogP contribution >= 0.6 is 0 Å². The Labute approximate surface area is 112 Å². The Bertz CT molecular complexity index is 357. The molecule has 1 saturated heterocycles. The summed E-state index contributed by atoms with van der Waals surface area (Å²) in [6.07, 6.45) is 1.54. The van der Waals surface area contributed by atoms with Crippen molar-refractivity contribution in [1.29, 1.82) is 0 Å². The van der Waals surface area contributed by atoms with Crippen molar-refractivity contribution in [2.45, 2.75) is 45.2 Å². The summed E-state index contributed by atoms with van der Waals surface area (Å²) in [4.78, 5) is 33.5. The van der Waals surface area contributed by atoms with Gasteiger partial charge in [-0.2, -0.15) is 0 Å². The average molecular weight is 271 g/mol. The highest BCUT2D eigenvalue weighted by atomic mass is 16.4. The molecule has 1 aliphatic rings. The minimum absolute atomic E-state index is 0.0181. The maximum Gasteiger partial charge on any atom is 0.326 e. The van der Waals surface area contributed by atoms with Gasteiger partial charge in [0, 0.05) is 19.0 Å². The zero-order chi connectivity index (χ0) is 14.4. The standard InChI is InChI=1S/C12H21N3O4/c1-7(2)5-9(11(17)18)15-12(19)13-6-8-3-4-10(16)14-8/h7-9H,3-6H2,1-2H3,(H,14,16)(H,17,18)(H2,13,15,19)/t8?,9-/m0/s1. The second-order valence-corrected chi connectivity index (χ2v) is 5.18. The molecule has 4 N–H and O–H groups in total. The minimum atomic E-state index is -1.04. The molecular formula is C12H21N3O4. The molecule has 3 amide bonds. The molecule has 0 aromatic rings. The largest absolute Gasteiger partial charge is 0.480 e. The number of carbonyl (C=O) groups excluding carboxylic acids is 2. The average Bonchev–Trinajstić information content (AvgIpc) is 2.71. The summed E-state index contributed by atoms with van der Waals surface area (Å²) >= 11 is 0. The van der Waals surface area contributed by atoms with Crippen molar-refractivity contribution in [3.63, 3.8) is 0 Å². The Morgan fingerprint density at radius 3 is 2.63 bits per heavy atom. The lowest BCUT2D eigenvalue weighted by Gasteiger charge is -2.18. The van der Waals surface area contributed by atoms with Crippen LogP contribution in [0.25, 0.3) is 0 Å². The summed E-state index contributed by atoms with van der Waals surface area (Å²) < 4.78 is 0. The van der Waals surface area contributed by atoms with Crippen LogP contribution in [0.1, 0.15) is 33.1 Å². The molecule has 1 unspecified atom stereocenters. The van der Waals surface area contributed by atoms with Crippen LogP contribution in [0.2, 0.25) is 0 Å². The molecule has 7 heteroatoms. The van der Waals surface area contributed by atoms with E-state index >= 15 is 0 Å². The molecule has 2 atom stereocenters. The first kappa shape index (κ1) is 15.3. The number of carbonyl (C=O) groups is 3. The van der Waals surface area contributed by atoms with Crippen molar-refractivity contribution < 1.29 is 19.5 Å². The molecule has 1 heterocycles. The Morgan fingerprint density at radius 2 is 2.16 bits per heavy atom. The van der Waals surface area contributed by atoms with Crippen molar-refractivity contribution in [2.24, 2.45) is 5.92 Å². The lowest BCUT2D eigenvalue weighted by molar-refractivity contribution is -0.139. The Morgan fingerprint density at radius 1 is 1.47 bits per heavy atom. The van der Waals surface area contributed by atoms with Crippen LogP contribution in [-0.4, -0.2) is 41.6 Å². The fourth-order valence-electron chi connectivity index (χ4n) is 1.95. The lowest BCUT2D eigenvalue weighted by atomic mass is 10.0. The summed E-state index contributed by atoms with van der Waals surface area (Å²) in [6.45, 7) is 4.10. The number of hydrogen-bond acceptors (Lipinski definition) is 3. The summed E-state index contributed by atoms with van der Waals surface area (Å²) in [7, 11) is 0. The van der Waals surface area contributed by atoms with E-state index in [4.69, 9.17) is 5.11 Å². The number of amides is 3. The van der Waals surface area contributed by atoms with Gasteiger partial charge in [-0.3, -0.25) is 4.79 Å². The molecule has 7 nitrogen and oxygen atoms in total. The molecule has 0 aliphatic carbocycles. The van der Waals surface area contributed by atoms with E-state index in [-0.39, 0.29) is 17.9 Å². The predicted octanol–water partition coefficient (Wildman–Crippen LogP) is 0.0635. The highest BCUT2D eigenvalue weighted by Gasteiger charge is 2.23. The predicted molar refractivity (Wildman–Crippen MR) is 68.6 cm³/mol. The van der Waals surface area contributed by atoms with Gasteiger partial charge in [-0.05, 0) is 18.8 Å². The van der Waals surface area contributed by atoms with Gasteiger partial charge in [0.1, 0.15) is 6.04 Å². The van der Waals surface area contributed by atoms with Crippen LogP contribution in [0.3, 0.4) is 0 Å². The first-order chi connectivity index (χ1) is 8.88. The van der Waals surface area contributed by atoms with Gasteiger partial charge in [0.05, 0.1) is 0 Å². The van der Waals surface area contributed by atoms with E-state index in [2.05, 4.69) is 16.0 Å². The molecule has 0 aromatic carbocycles. The fraction of sp³-hybridized carbons (Fsp3) is 0.750. The van der Waals surface area contributed by atoms with Crippen molar-refractivity contribution in [3.05, 3.63) is 0 Å². The summed E-state index contributed by atoms with van der Waals surface area (Å²) in [6, 6.07) is -1.47. The van der Waals surface area contributed by atoms with Gasteiger partial charge in [-0.25, -0.2) is 9.59 Å². The van der Waals surface area contributed by atoms with Gasteiger partial charge in [0.2, 0.25) is 5.91 Å². The van der Waals surface area contributed by atoms with E-state index < -0.39 is 18.0 Å². The van der Waals surface area contributed by atoms with Crippen LogP contribution in [0.4, 0.5) is 4.79 Å². The molecule has 1 rings (SSSR count). The topological polar surface area (TPSA) is 108 Å². The smallest absolute Gasteiger partial charge is 0.326 e. The van der Waals surface area contributed by atoms with Crippen LogP contribution in [0.15, 0.2) is 0 Å². The molecule has 0 aromatic heterocycles. The van der Waals surface area contributed by atoms with Gasteiger partial charge in [-0.1, -0.05) is 13.8 Å². The van der Waals surface area contributed by atoms with E-state index in [9.17, 15) is 14.4 Å². The molecule has 0 radical (unpaired) electrons. The number of urea groups is 1. The molecule has 0 spiro atoms. The first-order valence-corrected chi connectivity index (χ1v) is 6.45. The van der Waals surface area contributed by atoms with Crippen molar-refractivity contribution in [3.8, 4) is 0 Å². The molecule has 1 aliphatic heterocycles. The highest BCUT2D eigenvalue weighted by Crippen LogP contribution is 2.06. The van der Waals surface area contributed by atoms with Crippen molar-refractivity contribution >= 4 is 17.9 Å². The summed E-state index contributed by atoms with van der Waals surface area (Å²) in [5.74, 6) is -0.885. The minimum Gasteiger partial charge on any atom is -0.480 e. The number of hydrogen-bond donors (Lipinski definition) is 4. The number of aliphatic carboxylic acids is 1. The molecular weight excluding hydrogens is 250 g/mol. The zero-order valence-corrected chi connectivity index (χ0v) is 11.2. The first-order valence-electron chi connectivity index (χ1n) is 6.45. The van der Waals surface area contributed by atoms with E-state index in [0.29, 0.717) is 25.8 Å². The Kier molecular flexibility index (Phi) is 5.59. The van der Waals surface area contributed by atoms with Gasteiger partial charge >= 0.3 is 12.0 Å².